The summed E-state index contributed by atoms with van der Waals surface area (Å²) in [6.07, 6.45) is 2.09. The van der Waals surface area contributed by atoms with Crippen molar-refractivity contribution in [3.05, 3.63) is 23.8 Å². The molecule has 3 N–H and O–H groups in total. The van der Waals surface area contributed by atoms with Crippen molar-refractivity contribution in [3.63, 3.8) is 0 Å². The standard InChI is InChI=1S/C10H10O5/c1-15-9-4-6(2-3-10(13)14)7(11)5-8(9)12/h2-5,11-12H,1H3,(H,13,14)/b3-2+. The molecule has 0 aliphatic rings. The minimum absolute atomic E-state index is 0.165. The molecule has 1 aromatic carbocycles. The number of hydrogen-bond donors (Lipinski definition) is 3. The second-order valence-electron chi connectivity index (χ2n) is 2.75. The first kappa shape index (κ1) is 10.9. The number of phenols is 2. The lowest BCUT2D eigenvalue weighted by Crippen LogP contribution is -1.88. The Bertz CT molecular complexity index is 409. The third-order valence-electron chi connectivity index (χ3n) is 1.73. The number of carbonyl (C=O) groups is 1. The van der Waals surface area contributed by atoms with Crippen molar-refractivity contribution in [2.24, 2.45) is 0 Å². The first-order valence-corrected chi connectivity index (χ1v) is 4.05. The second-order valence-corrected chi connectivity index (χ2v) is 2.75. The predicted octanol–water partition coefficient (Wildman–Crippen LogP) is 1.20. The minimum atomic E-state index is -1.12. The van der Waals surface area contributed by atoms with E-state index in [0.717, 1.165) is 12.1 Å². The van der Waals surface area contributed by atoms with E-state index >= 15 is 0 Å². The summed E-state index contributed by atoms with van der Waals surface area (Å²) in [5.74, 6) is -1.38. The molecule has 0 radical (unpaired) electrons. The predicted molar refractivity (Wildman–Crippen MR) is 53.0 cm³/mol. The summed E-state index contributed by atoms with van der Waals surface area (Å²) >= 11 is 0. The van der Waals surface area contributed by atoms with Crippen LogP contribution in [0.2, 0.25) is 0 Å². The van der Waals surface area contributed by atoms with Gasteiger partial charge in [0, 0.05) is 17.7 Å². The highest BCUT2D eigenvalue weighted by Crippen LogP contribution is 2.33. The van der Waals surface area contributed by atoms with Crippen LogP contribution in [0.4, 0.5) is 0 Å². The Kier molecular flexibility index (Phi) is 3.17. The highest BCUT2D eigenvalue weighted by molar-refractivity contribution is 5.86. The molecule has 15 heavy (non-hydrogen) atoms. The van der Waals surface area contributed by atoms with Gasteiger partial charge in [-0.3, -0.25) is 0 Å². The molecule has 0 saturated heterocycles. The van der Waals surface area contributed by atoms with Crippen molar-refractivity contribution in [1.29, 1.82) is 0 Å². The van der Waals surface area contributed by atoms with Gasteiger partial charge in [0.05, 0.1) is 7.11 Å². The van der Waals surface area contributed by atoms with E-state index in [2.05, 4.69) is 0 Å². The van der Waals surface area contributed by atoms with Crippen molar-refractivity contribution in [3.8, 4) is 17.2 Å². The van der Waals surface area contributed by atoms with Crippen LogP contribution in [0.25, 0.3) is 6.08 Å². The number of methoxy groups -OCH3 is 1. The molecule has 0 aliphatic carbocycles. The molecule has 5 heteroatoms. The van der Waals surface area contributed by atoms with Crippen molar-refractivity contribution in [1.82, 2.24) is 0 Å². The van der Waals surface area contributed by atoms with Gasteiger partial charge in [-0.05, 0) is 12.1 Å². The van der Waals surface area contributed by atoms with E-state index in [1.165, 1.54) is 19.3 Å². The van der Waals surface area contributed by atoms with Crippen LogP contribution in [0, 0.1) is 0 Å². The van der Waals surface area contributed by atoms with Crippen molar-refractivity contribution < 1.29 is 24.9 Å². The number of benzene rings is 1. The number of ether oxygens (including phenoxy) is 1. The lowest BCUT2D eigenvalue weighted by Gasteiger charge is -2.05. The summed E-state index contributed by atoms with van der Waals surface area (Å²) in [7, 11) is 1.36. The van der Waals surface area contributed by atoms with Crippen LogP contribution in [0.3, 0.4) is 0 Å². The lowest BCUT2D eigenvalue weighted by molar-refractivity contribution is -0.131. The van der Waals surface area contributed by atoms with Gasteiger partial charge in [-0.15, -0.1) is 0 Å². The van der Waals surface area contributed by atoms with Gasteiger partial charge in [0.15, 0.2) is 11.5 Å². The second kappa shape index (κ2) is 4.36. The van der Waals surface area contributed by atoms with Crippen molar-refractivity contribution in [2.75, 3.05) is 7.11 Å². The number of rotatable bonds is 3. The number of phenolic OH excluding ortho intramolecular Hbond substituents is 2. The number of aliphatic carboxylic acids is 1. The molecule has 0 unspecified atom stereocenters. The maximum Gasteiger partial charge on any atom is 0.328 e. The zero-order chi connectivity index (χ0) is 11.4. The fourth-order valence-electron chi connectivity index (χ4n) is 1.03. The average Bonchev–Trinajstić information content (AvgIpc) is 2.16. The number of hydrogen-bond acceptors (Lipinski definition) is 4. The first-order valence-electron chi connectivity index (χ1n) is 4.05. The maximum atomic E-state index is 10.3. The summed E-state index contributed by atoms with van der Waals surface area (Å²) in [6, 6.07) is 2.42. The normalized spacial score (nSPS) is 10.5. The highest BCUT2D eigenvalue weighted by Gasteiger charge is 2.06. The summed E-state index contributed by atoms with van der Waals surface area (Å²) in [4.78, 5) is 10.3. The molecule has 0 bridgehead atoms. The monoisotopic (exact) mass is 210 g/mol. The van der Waals surface area contributed by atoms with Gasteiger partial charge in [0.25, 0.3) is 0 Å². The largest absolute Gasteiger partial charge is 0.507 e. The van der Waals surface area contributed by atoms with E-state index < -0.39 is 5.97 Å². The van der Waals surface area contributed by atoms with E-state index in [9.17, 15) is 15.0 Å². The summed E-state index contributed by atoms with van der Waals surface area (Å²) in [5.41, 5.74) is 0.257. The third-order valence-corrected chi connectivity index (χ3v) is 1.73. The molecule has 0 saturated carbocycles. The highest BCUT2D eigenvalue weighted by atomic mass is 16.5. The third kappa shape index (κ3) is 2.63. The van der Waals surface area contributed by atoms with E-state index in [4.69, 9.17) is 9.84 Å². The molecule has 0 aromatic heterocycles. The van der Waals surface area contributed by atoms with Gasteiger partial charge < -0.3 is 20.1 Å². The topological polar surface area (TPSA) is 87.0 Å². The Hall–Kier alpha value is -2.17. The molecule has 1 aromatic rings. The summed E-state index contributed by atoms with van der Waals surface area (Å²) in [5, 5.41) is 27.0. The quantitative estimate of drug-likeness (QED) is 0.652. The molecule has 0 heterocycles. The fourth-order valence-corrected chi connectivity index (χ4v) is 1.03. The van der Waals surface area contributed by atoms with Crippen molar-refractivity contribution >= 4 is 12.0 Å². The minimum Gasteiger partial charge on any atom is -0.507 e. The van der Waals surface area contributed by atoms with Crippen LogP contribution < -0.4 is 4.74 Å². The molecule has 0 amide bonds. The lowest BCUT2D eigenvalue weighted by atomic mass is 10.1. The SMILES string of the molecule is COc1cc(/C=C/C(=O)O)c(O)cc1O. The smallest absolute Gasteiger partial charge is 0.328 e. The molecule has 0 atom stereocenters. The van der Waals surface area contributed by atoms with Crippen molar-refractivity contribution in [2.45, 2.75) is 0 Å². The van der Waals surface area contributed by atoms with Crippen LogP contribution >= 0.6 is 0 Å². The summed E-state index contributed by atoms with van der Waals surface area (Å²) in [6.45, 7) is 0. The molecule has 0 aliphatic heterocycles. The molecule has 1 rings (SSSR count). The molecule has 80 valence electrons. The van der Waals surface area contributed by atoms with Crippen LogP contribution in [0.1, 0.15) is 5.56 Å². The summed E-state index contributed by atoms with van der Waals surface area (Å²) < 4.78 is 4.81. The van der Waals surface area contributed by atoms with Gasteiger partial charge >= 0.3 is 5.97 Å². The van der Waals surface area contributed by atoms with Gasteiger partial charge in [-0.2, -0.15) is 0 Å². The van der Waals surface area contributed by atoms with Crippen LogP contribution in [-0.2, 0) is 4.79 Å². The van der Waals surface area contributed by atoms with Gasteiger partial charge in [-0.1, -0.05) is 0 Å². The van der Waals surface area contributed by atoms with E-state index in [1.807, 2.05) is 0 Å². The Morgan fingerprint density at radius 3 is 2.53 bits per heavy atom. The van der Waals surface area contributed by atoms with Gasteiger partial charge in [0.2, 0.25) is 0 Å². The molecule has 5 nitrogen and oxygen atoms in total. The van der Waals surface area contributed by atoms with Crippen LogP contribution in [-0.4, -0.2) is 28.4 Å². The Labute approximate surface area is 85.9 Å². The average molecular weight is 210 g/mol. The fraction of sp³-hybridized carbons (Fsp3) is 0.100. The number of carboxylic acids is 1. The molecule has 0 spiro atoms. The maximum absolute atomic E-state index is 10.3. The van der Waals surface area contributed by atoms with Crippen LogP contribution in [0.15, 0.2) is 18.2 Å². The van der Waals surface area contributed by atoms with E-state index in [-0.39, 0.29) is 22.8 Å². The first-order chi connectivity index (χ1) is 7.04. The molecular weight excluding hydrogens is 200 g/mol. The van der Waals surface area contributed by atoms with Gasteiger partial charge in [0.1, 0.15) is 5.75 Å². The Balaban J connectivity index is 3.13. The van der Waals surface area contributed by atoms with E-state index in [0.29, 0.717) is 0 Å². The van der Waals surface area contributed by atoms with Crippen LogP contribution in [0.5, 0.6) is 17.2 Å². The molecule has 0 fully saturated rings. The number of carboxylic acid groups (broad SMARTS) is 1. The van der Waals surface area contributed by atoms with E-state index in [1.54, 1.807) is 0 Å². The Morgan fingerprint density at radius 1 is 1.33 bits per heavy atom. The Morgan fingerprint density at radius 2 is 2.00 bits per heavy atom. The van der Waals surface area contributed by atoms with Gasteiger partial charge in [-0.25, -0.2) is 4.79 Å². The molecular formula is C10H10O5. The zero-order valence-electron chi connectivity index (χ0n) is 7.97. The zero-order valence-corrected chi connectivity index (χ0v) is 7.97. The number of aromatic hydroxyl groups is 2.